The molecule has 1 aliphatic carbocycles. The van der Waals surface area contributed by atoms with E-state index in [9.17, 15) is 25.0 Å². The van der Waals surface area contributed by atoms with Gasteiger partial charge in [-0.2, -0.15) is 15.8 Å². The second-order valence-corrected chi connectivity index (χ2v) is 8.14. The van der Waals surface area contributed by atoms with E-state index in [-0.39, 0.29) is 36.5 Å². The van der Waals surface area contributed by atoms with Crippen LogP contribution in [0.15, 0.2) is 77.5 Å². The van der Waals surface area contributed by atoms with Crippen molar-refractivity contribution in [2.75, 3.05) is 13.1 Å². The van der Waals surface area contributed by atoms with Crippen LogP contribution in [0.5, 0.6) is 0 Å². The van der Waals surface area contributed by atoms with E-state index in [1.807, 2.05) is 48.5 Å². The number of nitrogens with zero attached hydrogens (tertiary/aromatic N) is 4. The summed E-state index contributed by atoms with van der Waals surface area (Å²) >= 11 is 0. The first-order chi connectivity index (χ1) is 16.5. The maximum Gasteiger partial charge on any atom is 0.410 e. The standard InChI is InChI=1S/C26H20FN5O2/c27-22-9-5-4-8-19(22)23-21-13-32(25(33)34-14-17-6-2-1-3-7-17)11-10-18(21)20(12-28)24(31)26(23,15-29)16-30/h1-10,21,23H,11,13-14,31H2/t21-,23+/m1/s1. The summed E-state index contributed by atoms with van der Waals surface area (Å²) in [6.45, 7) is 0.251. The average Bonchev–Trinajstić information content (AvgIpc) is 2.87. The van der Waals surface area contributed by atoms with E-state index in [0.29, 0.717) is 5.57 Å². The SMILES string of the molecule is N#CC1=C(N)C(C#N)(C#N)[C@@H](c2ccccc2F)[C@@H]2CN(C(=O)OCc3ccccc3)CC=C12. The second kappa shape index (κ2) is 9.10. The summed E-state index contributed by atoms with van der Waals surface area (Å²) in [5, 5.41) is 30.0. The Morgan fingerprint density at radius 2 is 1.79 bits per heavy atom. The van der Waals surface area contributed by atoms with Crippen molar-refractivity contribution >= 4 is 6.09 Å². The van der Waals surface area contributed by atoms with Crippen LogP contribution < -0.4 is 5.73 Å². The number of amides is 1. The average molecular weight is 453 g/mol. The molecule has 8 heteroatoms. The van der Waals surface area contributed by atoms with Gasteiger partial charge < -0.3 is 15.4 Å². The smallest absolute Gasteiger partial charge is 0.410 e. The molecule has 0 saturated heterocycles. The number of carbonyl (C=O) groups excluding carboxylic acids is 1. The number of benzene rings is 2. The quantitative estimate of drug-likeness (QED) is 0.751. The molecular weight excluding hydrogens is 433 g/mol. The van der Waals surface area contributed by atoms with Crippen molar-refractivity contribution < 1.29 is 13.9 Å². The highest BCUT2D eigenvalue weighted by molar-refractivity contribution is 5.69. The lowest BCUT2D eigenvalue weighted by atomic mass is 9.58. The van der Waals surface area contributed by atoms with Gasteiger partial charge in [-0.1, -0.05) is 54.6 Å². The van der Waals surface area contributed by atoms with Crippen LogP contribution in [0.3, 0.4) is 0 Å². The van der Waals surface area contributed by atoms with Gasteiger partial charge in [-0.15, -0.1) is 0 Å². The van der Waals surface area contributed by atoms with E-state index in [2.05, 4.69) is 0 Å². The third-order valence-electron chi connectivity index (χ3n) is 6.37. The summed E-state index contributed by atoms with van der Waals surface area (Å²) in [5.41, 5.74) is 5.52. The lowest BCUT2D eigenvalue weighted by Crippen LogP contribution is -2.49. The minimum atomic E-state index is -1.98. The fourth-order valence-corrected chi connectivity index (χ4v) is 4.71. The minimum absolute atomic E-state index is 0.0259. The molecule has 1 aliphatic heterocycles. The fraction of sp³-hybridized carbons (Fsp3) is 0.231. The molecule has 1 heterocycles. The molecule has 2 atom stereocenters. The van der Waals surface area contributed by atoms with Gasteiger partial charge in [0.2, 0.25) is 0 Å². The van der Waals surface area contributed by atoms with E-state index in [1.54, 1.807) is 12.1 Å². The van der Waals surface area contributed by atoms with Crippen molar-refractivity contribution in [1.29, 1.82) is 15.8 Å². The Bertz CT molecular complexity index is 1300. The number of ether oxygens (including phenoxy) is 1. The molecule has 0 bridgehead atoms. The van der Waals surface area contributed by atoms with Gasteiger partial charge in [0.15, 0.2) is 5.41 Å². The highest BCUT2D eigenvalue weighted by atomic mass is 19.1. The van der Waals surface area contributed by atoms with Crippen LogP contribution in [0, 0.1) is 51.1 Å². The molecule has 0 spiro atoms. The summed E-state index contributed by atoms with van der Waals surface area (Å²) in [7, 11) is 0. The number of allylic oxidation sites excluding steroid dienone is 2. The van der Waals surface area contributed by atoms with Crippen LogP contribution in [0.2, 0.25) is 0 Å². The summed E-state index contributed by atoms with van der Waals surface area (Å²) in [6, 6.07) is 21.0. The van der Waals surface area contributed by atoms with E-state index in [0.717, 1.165) is 5.56 Å². The van der Waals surface area contributed by atoms with Gasteiger partial charge in [0, 0.05) is 24.9 Å². The zero-order valence-electron chi connectivity index (χ0n) is 18.1. The molecule has 2 aromatic carbocycles. The molecular formula is C26H20FN5O2. The van der Waals surface area contributed by atoms with Crippen molar-refractivity contribution in [1.82, 2.24) is 4.90 Å². The third kappa shape index (κ3) is 3.64. The number of carbonyl (C=O) groups is 1. The van der Waals surface area contributed by atoms with E-state index < -0.39 is 29.2 Å². The van der Waals surface area contributed by atoms with E-state index in [1.165, 1.54) is 23.1 Å². The third-order valence-corrected chi connectivity index (χ3v) is 6.37. The molecule has 7 nitrogen and oxygen atoms in total. The summed E-state index contributed by atoms with van der Waals surface area (Å²) in [4.78, 5) is 14.3. The molecule has 34 heavy (non-hydrogen) atoms. The van der Waals surface area contributed by atoms with Crippen LogP contribution >= 0.6 is 0 Å². The molecule has 0 fully saturated rings. The molecule has 0 radical (unpaired) electrons. The van der Waals surface area contributed by atoms with Gasteiger partial charge in [0.1, 0.15) is 18.5 Å². The van der Waals surface area contributed by atoms with Gasteiger partial charge in [-0.05, 0) is 22.8 Å². The van der Waals surface area contributed by atoms with Gasteiger partial charge in [-0.25, -0.2) is 9.18 Å². The number of halogens is 1. The molecule has 168 valence electrons. The second-order valence-electron chi connectivity index (χ2n) is 8.14. The Morgan fingerprint density at radius 3 is 2.44 bits per heavy atom. The molecule has 4 rings (SSSR count). The minimum Gasteiger partial charge on any atom is -0.445 e. The topological polar surface area (TPSA) is 127 Å². The van der Waals surface area contributed by atoms with Gasteiger partial charge in [0.25, 0.3) is 0 Å². The number of rotatable bonds is 3. The van der Waals surface area contributed by atoms with Crippen LogP contribution in [-0.4, -0.2) is 24.1 Å². The Morgan fingerprint density at radius 1 is 1.12 bits per heavy atom. The van der Waals surface area contributed by atoms with Crippen molar-refractivity contribution in [3.63, 3.8) is 0 Å². The normalized spacial score (nSPS) is 20.8. The highest BCUT2D eigenvalue weighted by Crippen LogP contribution is 2.54. The van der Waals surface area contributed by atoms with Crippen molar-refractivity contribution in [3.8, 4) is 18.2 Å². The largest absolute Gasteiger partial charge is 0.445 e. The number of nitriles is 3. The van der Waals surface area contributed by atoms with Gasteiger partial charge in [-0.3, -0.25) is 0 Å². The molecule has 2 aromatic rings. The van der Waals surface area contributed by atoms with Crippen molar-refractivity contribution in [2.45, 2.75) is 12.5 Å². The first-order valence-corrected chi connectivity index (χ1v) is 10.6. The summed E-state index contributed by atoms with van der Waals surface area (Å²) in [5.74, 6) is -2.34. The maximum absolute atomic E-state index is 15.0. The fourth-order valence-electron chi connectivity index (χ4n) is 4.71. The first kappa shape index (κ1) is 22.6. The lowest BCUT2D eigenvalue weighted by Gasteiger charge is -2.45. The molecule has 2 N–H and O–H groups in total. The Kier molecular flexibility index (Phi) is 6.04. The molecule has 0 unspecified atom stereocenters. The van der Waals surface area contributed by atoms with Crippen LogP contribution in [-0.2, 0) is 11.3 Å². The number of fused-ring (bicyclic) bond motifs is 1. The van der Waals surface area contributed by atoms with Gasteiger partial charge in [0.05, 0.1) is 23.4 Å². The zero-order valence-corrected chi connectivity index (χ0v) is 18.1. The van der Waals surface area contributed by atoms with Crippen molar-refractivity contribution in [3.05, 3.63) is 94.5 Å². The Balaban J connectivity index is 1.75. The molecule has 0 saturated carbocycles. The molecule has 1 amide bonds. The van der Waals surface area contributed by atoms with E-state index in [4.69, 9.17) is 10.5 Å². The highest BCUT2D eigenvalue weighted by Gasteiger charge is 2.55. The summed E-state index contributed by atoms with van der Waals surface area (Å²) < 4.78 is 20.4. The van der Waals surface area contributed by atoms with Crippen molar-refractivity contribution in [2.24, 2.45) is 17.1 Å². The number of hydrogen-bond donors (Lipinski definition) is 1. The monoisotopic (exact) mass is 453 g/mol. The Hall–Kier alpha value is -4.61. The van der Waals surface area contributed by atoms with Crippen LogP contribution in [0.4, 0.5) is 9.18 Å². The predicted octanol–water partition coefficient (Wildman–Crippen LogP) is 3.89. The predicted molar refractivity (Wildman–Crippen MR) is 119 cm³/mol. The maximum atomic E-state index is 15.0. The summed E-state index contributed by atoms with van der Waals surface area (Å²) in [6.07, 6.45) is 1.07. The lowest BCUT2D eigenvalue weighted by molar-refractivity contribution is 0.0897. The Labute approximate surface area is 196 Å². The zero-order chi connectivity index (χ0) is 24.3. The molecule has 2 aliphatic rings. The van der Waals surface area contributed by atoms with Gasteiger partial charge >= 0.3 is 6.09 Å². The van der Waals surface area contributed by atoms with Crippen LogP contribution in [0.1, 0.15) is 17.0 Å². The first-order valence-electron chi connectivity index (χ1n) is 10.6. The van der Waals surface area contributed by atoms with Crippen LogP contribution in [0.25, 0.3) is 0 Å². The number of hydrogen-bond acceptors (Lipinski definition) is 6. The number of nitrogens with two attached hydrogens (primary N) is 1. The van der Waals surface area contributed by atoms with E-state index >= 15 is 0 Å². The molecule has 0 aromatic heterocycles.